The number of rotatable bonds is 8. The van der Waals surface area contributed by atoms with Crippen LogP contribution in [-0.4, -0.2) is 111 Å². The lowest BCUT2D eigenvalue weighted by Gasteiger charge is -2.40. The topological polar surface area (TPSA) is 180 Å². The molecule has 0 amide bonds. The Hall–Kier alpha value is -3.32. The summed E-state index contributed by atoms with van der Waals surface area (Å²) in [6, 6.07) is 17.3. The second-order valence-corrected chi connectivity index (χ2v) is 12.7. The number of benzene rings is 2. The normalized spacial score (nSPS) is 25.9. The van der Waals surface area contributed by atoms with Crippen LogP contribution in [0.1, 0.15) is 12.7 Å². The summed E-state index contributed by atoms with van der Waals surface area (Å²) in [4.78, 5) is 4.10. The van der Waals surface area contributed by atoms with E-state index < -0.39 is 58.6 Å². The molecular formula is C30H36N4O8S. The Morgan fingerprint density at radius 2 is 1.65 bits per heavy atom. The molecule has 2 fully saturated rings. The minimum absolute atomic E-state index is 0.0765. The Bertz CT molecular complexity index is 1640. The maximum Gasteiger partial charge on any atom is 0.251 e. The molecule has 2 saturated heterocycles. The van der Waals surface area contributed by atoms with Crippen LogP contribution in [0.3, 0.4) is 0 Å². The molecule has 5 atom stereocenters. The van der Waals surface area contributed by atoms with Crippen LogP contribution in [0, 0.1) is 11.3 Å². The molecule has 230 valence electrons. The van der Waals surface area contributed by atoms with E-state index in [0.29, 0.717) is 5.76 Å². The lowest BCUT2D eigenvalue weighted by molar-refractivity contribution is -0.226. The first-order valence-corrected chi connectivity index (χ1v) is 15.5. The van der Waals surface area contributed by atoms with Crippen molar-refractivity contribution in [3.8, 4) is 17.4 Å². The fraction of sp³-hybridized carbons (Fsp3) is 0.433. The number of nitrogens with one attached hydrogen (secondary N) is 1. The Morgan fingerprint density at radius 3 is 2.35 bits per heavy atom. The summed E-state index contributed by atoms with van der Waals surface area (Å²) >= 11 is 0. The maximum absolute atomic E-state index is 13.1. The van der Waals surface area contributed by atoms with E-state index in [9.17, 15) is 34.1 Å². The zero-order chi connectivity index (χ0) is 30.9. The van der Waals surface area contributed by atoms with Gasteiger partial charge < -0.3 is 39.4 Å². The molecule has 2 aromatic carbocycles. The van der Waals surface area contributed by atoms with Gasteiger partial charge in [-0.3, -0.25) is 0 Å². The summed E-state index contributed by atoms with van der Waals surface area (Å²) in [6.45, 7) is 4.29. The molecule has 13 heteroatoms. The Labute approximate surface area is 250 Å². The van der Waals surface area contributed by atoms with Crippen molar-refractivity contribution in [2.75, 3.05) is 51.3 Å². The van der Waals surface area contributed by atoms with Crippen LogP contribution < -0.4 is 9.62 Å². The highest BCUT2D eigenvalue weighted by Gasteiger charge is 2.43. The van der Waals surface area contributed by atoms with Crippen LogP contribution >= 0.6 is 0 Å². The molecule has 3 aromatic rings. The van der Waals surface area contributed by atoms with E-state index >= 15 is 0 Å². The summed E-state index contributed by atoms with van der Waals surface area (Å²) in [5.74, 6) is 0.693. The lowest BCUT2D eigenvalue weighted by Crippen LogP contribution is -2.60. The number of aliphatic hydroxyl groups excluding tert-OH is 4. The number of hydrogen-bond donors (Lipinski definition) is 5. The minimum atomic E-state index is -4.39. The molecule has 2 aliphatic rings. The number of ether oxygens (including phenoxy) is 1. The first-order valence-electron chi connectivity index (χ1n) is 14.0. The summed E-state index contributed by atoms with van der Waals surface area (Å²) in [5.41, 5.74) is 2.05. The predicted molar refractivity (Wildman–Crippen MR) is 160 cm³/mol. The highest BCUT2D eigenvalue weighted by molar-refractivity contribution is 7.93. The van der Waals surface area contributed by atoms with Crippen molar-refractivity contribution >= 4 is 32.1 Å². The molecule has 12 nitrogen and oxygen atoms in total. The molecule has 0 spiro atoms. The lowest BCUT2D eigenvalue weighted by atomic mass is 9.95. The molecule has 3 heterocycles. The number of sulfonamides is 1. The first-order chi connectivity index (χ1) is 20.5. The standard InChI is InChI=1S/C30H36N4O8S/c1-18(27(15-31)43(39,40)32-16-25-28(36)30(38)29(37)26(17-35)42-25)23-7-8-24(41-23)21-4-3-20-14-22(6-5-19(20)13-21)34-11-9-33(2)10-12-34/h3-8,13-14,25-26,28-30,32,35-38H,9-12,16-17H2,1-2H3/b27-18+/t25-,26?,28-,29+,30+/m1/s1. The van der Waals surface area contributed by atoms with Gasteiger partial charge in [-0.25, -0.2) is 13.1 Å². The molecular weight excluding hydrogens is 576 g/mol. The number of furan rings is 1. The zero-order valence-corrected chi connectivity index (χ0v) is 24.7. The Balaban J connectivity index is 1.32. The monoisotopic (exact) mass is 612 g/mol. The average Bonchev–Trinajstić information content (AvgIpc) is 3.50. The molecule has 5 N–H and O–H groups in total. The van der Waals surface area contributed by atoms with Crippen molar-refractivity contribution in [1.29, 1.82) is 5.26 Å². The molecule has 1 aromatic heterocycles. The van der Waals surface area contributed by atoms with E-state index in [2.05, 4.69) is 39.8 Å². The SMILES string of the molecule is C/C(=C(/C#N)S(=O)(=O)NC[C@H]1OC(CO)[C@H](O)[C@@H](O)[C@@H]1O)c1ccc(-c2ccc3cc(N4CCN(C)CC4)ccc3c2)o1. The molecule has 2 aliphatic heterocycles. The maximum atomic E-state index is 13.1. The average molecular weight is 613 g/mol. The van der Waals surface area contributed by atoms with Crippen molar-refractivity contribution in [1.82, 2.24) is 9.62 Å². The van der Waals surface area contributed by atoms with E-state index in [4.69, 9.17) is 9.15 Å². The Morgan fingerprint density at radius 1 is 0.977 bits per heavy atom. The number of fused-ring (bicyclic) bond motifs is 1. The van der Waals surface area contributed by atoms with E-state index in [1.54, 1.807) is 18.2 Å². The number of nitriles is 1. The van der Waals surface area contributed by atoms with Gasteiger partial charge in [0.2, 0.25) is 0 Å². The number of piperazine rings is 1. The van der Waals surface area contributed by atoms with Crippen molar-refractivity contribution < 1.29 is 38.0 Å². The third-order valence-electron chi connectivity index (χ3n) is 8.13. The van der Waals surface area contributed by atoms with Crippen molar-refractivity contribution in [2.45, 2.75) is 37.4 Å². The molecule has 0 bridgehead atoms. The molecule has 0 saturated carbocycles. The Kier molecular flexibility index (Phi) is 9.21. The number of hydrogen-bond acceptors (Lipinski definition) is 11. The largest absolute Gasteiger partial charge is 0.456 e. The predicted octanol–water partition coefficient (Wildman–Crippen LogP) is 0.868. The van der Waals surface area contributed by atoms with Gasteiger partial charge in [-0.05, 0) is 55.1 Å². The van der Waals surface area contributed by atoms with Crippen LogP contribution in [-0.2, 0) is 14.8 Å². The zero-order valence-electron chi connectivity index (χ0n) is 23.9. The van der Waals surface area contributed by atoms with Gasteiger partial charge in [0.25, 0.3) is 10.0 Å². The van der Waals surface area contributed by atoms with Crippen molar-refractivity contribution in [3.05, 3.63) is 59.2 Å². The summed E-state index contributed by atoms with van der Waals surface area (Å²) in [6.07, 6.45) is -7.30. The number of aliphatic hydroxyl groups is 4. The van der Waals surface area contributed by atoms with Crippen molar-refractivity contribution in [2.24, 2.45) is 0 Å². The summed E-state index contributed by atoms with van der Waals surface area (Å²) in [7, 11) is -2.27. The van der Waals surface area contributed by atoms with E-state index in [-0.39, 0.29) is 11.3 Å². The third-order valence-corrected chi connectivity index (χ3v) is 9.61. The highest BCUT2D eigenvalue weighted by atomic mass is 32.2. The highest BCUT2D eigenvalue weighted by Crippen LogP contribution is 2.32. The van der Waals surface area contributed by atoms with Crippen LogP contribution in [0.4, 0.5) is 5.69 Å². The minimum Gasteiger partial charge on any atom is -0.456 e. The van der Waals surface area contributed by atoms with Crippen LogP contribution in [0.2, 0.25) is 0 Å². The van der Waals surface area contributed by atoms with Gasteiger partial charge in [-0.15, -0.1) is 0 Å². The summed E-state index contributed by atoms with van der Waals surface area (Å²) < 4.78 is 39.7. The van der Waals surface area contributed by atoms with Gasteiger partial charge in [0, 0.05) is 49.5 Å². The number of anilines is 1. The second-order valence-electron chi connectivity index (χ2n) is 11.0. The molecule has 0 radical (unpaired) electrons. The molecule has 43 heavy (non-hydrogen) atoms. The van der Waals surface area contributed by atoms with Gasteiger partial charge in [-0.1, -0.05) is 18.2 Å². The number of allylic oxidation sites excluding steroid dienone is 2. The van der Waals surface area contributed by atoms with Crippen LogP contribution in [0.15, 0.2) is 57.9 Å². The van der Waals surface area contributed by atoms with Gasteiger partial charge in [0.1, 0.15) is 48.1 Å². The molecule has 1 unspecified atom stereocenters. The smallest absolute Gasteiger partial charge is 0.251 e. The van der Waals surface area contributed by atoms with E-state index in [1.165, 1.54) is 12.6 Å². The number of nitrogens with zero attached hydrogens (tertiary/aromatic N) is 3. The number of likely N-dealkylation sites (N-methyl/N-ethyl adjacent to an activating group) is 1. The quantitative estimate of drug-likeness (QED) is 0.228. The van der Waals surface area contributed by atoms with Crippen molar-refractivity contribution in [3.63, 3.8) is 0 Å². The molecule has 5 rings (SSSR count). The van der Waals surface area contributed by atoms with E-state index in [0.717, 1.165) is 42.5 Å². The van der Waals surface area contributed by atoms with E-state index in [1.807, 2.05) is 18.2 Å². The second kappa shape index (κ2) is 12.7. The third kappa shape index (κ3) is 6.47. The fourth-order valence-corrected chi connectivity index (χ4v) is 6.56. The van der Waals surface area contributed by atoms with Gasteiger partial charge in [0.05, 0.1) is 6.61 Å². The fourth-order valence-electron chi connectivity index (χ4n) is 5.41. The van der Waals surface area contributed by atoms with Crippen LogP contribution in [0.25, 0.3) is 27.7 Å². The summed E-state index contributed by atoms with van der Waals surface area (Å²) in [5, 5.41) is 51.3. The molecule has 0 aliphatic carbocycles. The van der Waals surface area contributed by atoms with Gasteiger partial charge in [-0.2, -0.15) is 5.26 Å². The van der Waals surface area contributed by atoms with Gasteiger partial charge in [0.15, 0.2) is 4.91 Å². The first kappa shape index (κ1) is 31.1. The van der Waals surface area contributed by atoms with Crippen LogP contribution in [0.5, 0.6) is 0 Å². The van der Waals surface area contributed by atoms with Gasteiger partial charge >= 0.3 is 0 Å².